The van der Waals surface area contributed by atoms with Crippen molar-refractivity contribution in [3.05, 3.63) is 54.0 Å². The summed E-state index contributed by atoms with van der Waals surface area (Å²) in [6.07, 6.45) is 8.43. The van der Waals surface area contributed by atoms with Gasteiger partial charge in [-0.2, -0.15) is 11.8 Å². The molecule has 0 radical (unpaired) electrons. The minimum atomic E-state index is 0. The molecule has 154 valence electrons. The van der Waals surface area contributed by atoms with Gasteiger partial charge in [-0.15, -0.1) is 24.0 Å². The lowest BCUT2D eigenvalue weighted by Crippen LogP contribution is -2.43. The number of furan rings is 1. The van der Waals surface area contributed by atoms with Crippen LogP contribution in [0.25, 0.3) is 0 Å². The minimum Gasteiger partial charge on any atom is -0.497 e. The summed E-state index contributed by atoms with van der Waals surface area (Å²) in [4.78, 5) is 4.80. The first-order chi connectivity index (χ1) is 13.3. The van der Waals surface area contributed by atoms with E-state index in [2.05, 4.69) is 29.0 Å². The van der Waals surface area contributed by atoms with Crippen molar-refractivity contribution in [1.29, 1.82) is 0 Å². The molecule has 2 atom stereocenters. The lowest BCUT2D eigenvalue weighted by atomic mass is 10.2. The van der Waals surface area contributed by atoms with Gasteiger partial charge in [0.25, 0.3) is 0 Å². The first kappa shape index (κ1) is 22.9. The Labute approximate surface area is 189 Å². The number of nitrogens with zero attached hydrogens (tertiary/aromatic N) is 1. The van der Waals surface area contributed by atoms with Gasteiger partial charge < -0.3 is 19.8 Å². The Hall–Kier alpha value is -1.35. The Kier molecular flexibility index (Phi) is 10.0. The number of ether oxygens (including phenoxy) is 1. The average Bonchev–Trinajstić information content (AvgIpc) is 3.38. The van der Waals surface area contributed by atoms with Gasteiger partial charge in [0, 0.05) is 24.3 Å². The SMILES string of the molecule is COc1ccc(CN=C(NCCc2ccco2)NC2CCC(SC)C2)cc1.I. The summed E-state index contributed by atoms with van der Waals surface area (Å²) in [6, 6.07) is 12.5. The van der Waals surface area contributed by atoms with Crippen LogP contribution in [0.1, 0.15) is 30.6 Å². The average molecular weight is 515 g/mol. The molecule has 1 heterocycles. The van der Waals surface area contributed by atoms with Crippen molar-refractivity contribution < 1.29 is 9.15 Å². The van der Waals surface area contributed by atoms with Crippen molar-refractivity contribution in [3.8, 4) is 5.75 Å². The summed E-state index contributed by atoms with van der Waals surface area (Å²) in [6.45, 7) is 1.43. The summed E-state index contributed by atoms with van der Waals surface area (Å²) in [5.41, 5.74) is 1.16. The Morgan fingerprint density at radius 1 is 1.25 bits per heavy atom. The van der Waals surface area contributed by atoms with Gasteiger partial charge in [0.05, 0.1) is 19.9 Å². The van der Waals surface area contributed by atoms with Crippen LogP contribution in [0.3, 0.4) is 0 Å². The molecule has 5 nitrogen and oxygen atoms in total. The molecule has 7 heteroatoms. The molecule has 2 aromatic rings. The zero-order valence-electron chi connectivity index (χ0n) is 16.5. The molecule has 0 amide bonds. The van der Waals surface area contributed by atoms with Crippen molar-refractivity contribution >= 4 is 41.7 Å². The number of methoxy groups -OCH3 is 1. The Morgan fingerprint density at radius 3 is 2.71 bits per heavy atom. The molecule has 1 aliphatic carbocycles. The van der Waals surface area contributed by atoms with E-state index in [1.807, 2.05) is 36.0 Å². The maximum Gasteiger partial charge on any atom is 0.191 e. The van der Waals surface area contributed by atoms with Gasteiger partial charge in [-0.25, -0.2) is 4.99 Å². The molecule has 0 spiro atoms. The van der Waals surface area contributed by atoms with Crippen LogP contribution in [-0.4, -0.2) is 37.2 Å². The highest BCUT2D eigenvalue weighted by Crippen LogP contribution is 2.28. The van der Waals surface area contributed by atoms with Gasteiger partial charge in [-0.1, -0.05) is 12.1 Å². The number of thioether (sulfide) groups is 1. The molecule has 28 heavy (non-hydrogen) atoms. The minimum absolute atomic E-state index is 0. The fourth-order valence-electron chi connectivity index (χ4n) is 3.29. The van der Waals surface area contributed by atoms with Crippen LogP contribution in [0.15, 0.2) is 52.1 Å². The molecule has 1 aromatic heterocycles. The maximum absolute atomic E-state index is 5.41. The van der Waals surface area contributed by atoms with Gasteiger partial charge in [0.15, 0.2) is 5.96 Å². The van der Waals surface area contributed by atoms with Gasteiger partial charge in [0.2, 0.25) is 0 Å². The van der Waals surface area contributed by atoms with Crippen molar-refractivity contribution in [2.45, 2.75) is 43.5 Å². The zero-order chi connectivity index (χ0) is 18.9. The summed E-state index contributed by atoms with van der Waals surface area (Å²) < 4.78 is 10.6. The number of aliphatic imine (C=N–C) groups is 1. The van der Waals surface area contributed by atoms with Gasteiger partial charge >= 0.3 is 0 Å². The van der Waals surface area contributed by atoms with Crippen LogP contribution >= 0.6 is 35.7 Å². The Balaban J connectivity index is 0.00000280. The predicted octanol–water partition coefficient (Wildman–Crippen LogP) is 4.47. The number of benzene rings is 1. The molecule has 1 fully saturated rings. The second-order valence-electron chi connectivity index (χ2n) is 6.78. The fraction of sp³-hybridized carbons (Fsp3) is 0.476. The molecule has 0 saturated heterocycles. The quantitative estimate of drug-likeness (QED) is 0.309. The monoisotopic (exact) mass is 515 g/mol. The lowest BCUT2D eigenvalue weighted by molar-refractivity contribution is 0.414. The summed E-state index contributed by atoms with van der Waals surface area (Å²) in [5, 5.41) is 7.84. The van der Waals surface area contributed by atoms with Crippen molar-refractivity contribution in [2.75, 3.05) is 19.9 Å². The molecule has 2 unspecified atom stereocenters. The second-order valence-corrected chi connectivity index (χ2v) is 7.92. The van der Waals surface area contributed by atoms with Crippen LogP contribution in [0.2, 0.25) is 0 Å². The molecule has 1 saturated carbocycles. The van der Waals surface area contributed by atoms with E-state index in [0.29, 0.717) is 12.6 Å². The number of hydrogen-bond acceptors (Lipinski definition) is 4. The van der Waals surface area contributed by atoms with E-state index in [1.165, 1.54) is 19.3 Å². The first-order valence-electron chi connectivity index (χ1n) is 9.50. The maximum atomic E-state index is 5.41. The van der Waals surface area contributed by atoms with Crippen molar-refractivity contribution in [1.82, 2.24) is 10.6 Å². The number of guanidine groups is 1. The van der Waals surface area contributed by atoms with E-state index < -0.39 is 0 Å². The fourth-order valence-corrected chi connectivity index (χ4v) is 4.09. The van der Waals surface area contributed by atoms with Gasteiger partial charge in [-0.3, -0.25) is 0 Å². The van der Waals surface area contributed by atoms with Crippen LogP contribution in [0, 0.1) is 0 Å². The lowest BCUT2D eigenvalue weighted by Gasteiger charge is -2.18. The largest absolute Gasteiger partial charge is 0.497 e. The molecule has 1 aliphatic rings. The molecule has 2 N–H and O–H groups in total. The van der Waals surface area contributed by atoms with Crippen LogP contribution in [0.4, 0.5) is 0 Å². The van der Waals surface area contributed by atoms with E-state index in [9.17, 15) is 0 Å². The van der Waals surface area contributed by atoms with E-state index in [4.69, 9.17) is 14.1 Å². The third kappa shape index (κ3) is 7.24. The number of rotatable bonds is 8. The van der Waals surface area contributed by atoms with Gasteiger partial charge in [-0.05, 0) is 55.3 Å². The Morgan fingerprint density at radius 2 is 2.07 bits per heavy atom. The molecule has 1 aromatic carbocycles. The van der Waals surface area contributed by atoms with E-state index >= 15 is 0 Å². The topological polar surface area (TPSA) is 58.8 Å². The molecule has 0 bridgehead atoms. The van der Waals surface area contributed by atoms with E-state index in [-0.39, 0.29) is 24.0 Å². The third-order valence-electron chi connectivity index (χ3n) is 4.88. The highest BCUT2D eigenvalue weighted by Gasteiger charge is 2.24. The number of nitrogens with one attached hydrogen (secondary N) is 2. The Bertz CT molecular complexity index is 707. The highest BCUT2D eigenvalue weighted by molar-refractivity contribution is 14.0. The second kappa shape index (κ2) is 12.3. The molecular weight excluding hydrogens is 485 g/mol. The normalized spacial score (nSPS) is 19.1. The summed E-state index contributed by atoms with van der Waals surface area (Å²) in [7, 11) is 1.68. The van der Waals surface area contributed by atoms with Crippen molar-refractivity contribution in [2.24, 2.45) is 4.99 Å². The summed E-state index contributed by atoms with van der Waals surface area (Å²) >= 11 is 1.97. The predicted molar refractivity (Wildman–Crippen MR) is 128 cm³/mol. The smallest absolute Gasteiger partial charge is 0.191 e. The molecular formula is C21H30IN3O2S. The third-order valence-corrected chi connectivity index (χ3v) is 5.98. The number of halogens is 1. The molecule has 0 aliphatic heterocycles. The zero-order valence-corrected chi connectivity index (χ0v) is 19.7. The molecule has 3 rings (SSSR count). The van der Waals surface area contributed by atoms with Crippen LogP contribution in [-0.2, 0) is 13.0 Å². The summed E-state index contributed by atoms with van der Waals surface area (Å²) in [5.74, 6) is 2.73. The van der Waals surface area contributed by atoms with Crippen molar-refractivity contribution in [3.63, 3.8) is 0 Å². The van der Waals surface area contributed by atoms with E-state index in [1.54, 1.807) is 13.4 Å². The highest BCUT2D eigenvalue weighted by atomic mass is 127. The first-order valence-corrected chi connectivity index (χ1v) is 10.8. The van der Waals surface area contributed by atoms with Gasteiger partial charge in [0.1, 0.15) is 11.5 Å². The van der Waals surface area contributed by atoms with Crippen LogP contribution in [0.5, 0.6) is 5.75 Å². The van der Waals surface area contributed by atoms with E-state index in [0.717, 1.165) is 41.2 Å². The van der Waals surface area contributed by atoms with Crippen LogP contribution < -0.4 is 15.4 Å². The number of hydrogen-bond donors (Lipinski definition) is 2. The standard InChI is InChI=1S/C21H29N3O2S.HI/c1-25-18-8-5-16(6-9-18)15-23-21(22-12-11-19-4-3-13-26-19)24-17-7-10-20(14-17)27-2;/h3-6,8-9,13,17,20H,7,10-12,14-15H2,1-2H3,(H2,22,23,24);1H.